The van der Waals surface area contributed by atoms with E-state index < -0.39 is 40.7 Å². The molecule has 0 aromatic heterocycles. The summed E-state index contributed by atoms with van der Waals surface area (Å²) in [5.41, 5.74) is -1.98. The first-order valence-electron chi connectivity index (χ1n) is 3.95. The normalized spacial score (nSPS) is 12.6. The molecule has 0 radical (unpaired) electrons. The van der Waals surface area contributed by atoms with Crippen LogP contribution in [0.2, 0.25) is 0 Å². The molecule has 0 bridgehead atoms. The molecule has 0 saturated carbocycles. The molecule has 0 amide bonds. The van der Waals surface area contributed by atoms with Gasteiger partial charge in [0.05, 0.1) is 6.10 Å². The van der Waals surface area contributed by atoms with Gasteiger partial charge in [-0.2, -0.15) is 0 Å². The van der Waals surface area contributed by atoms with Crippen molar-refractivity contribution in [3.05, 3.63) is 34.6 Å². The number of aromatic carboxylic acids is 1. The highest BCUT2D eigenvalue weighted by Crippen LogP contribution is 2.24. The molecule has 0 aliphatic rings. The first kappa shape index (κ1) is 11.5. The van der Waals surface area contributed by atoms with E-state index in [1.165, 1.54) is 0 Å². The predicted molar refractivity (Wildman–Crippen MR) is 43.9 cm³/mol. The van der Waals surface area contributed by atoms with E-state index in [1.807, 2.05) is 0 Å². The zero-order chi connectivity index (χ0) is 11.7. The Labute approximate surface area is 82.8 Å². The largest absolute Gasteiger partial charge is 0.477 e. The summed E-state index contributed by atoms with van der Waals surface area (Å²) in [5.74, 6) is -6.68. The van der Waals surface area contributed by atoms with Gasteiger partial charge in [0.1, 0.15) is 11.4 Å². The minimum atomic E-state index is -1.90. The first-order chi connectivity index (χ1) is 6.86. The van der Waals surface area contributed by atoms with Gasteiger partial charge in [-0.25, -0.2) is 18.0 Å². The third kappa shape index (κ3) is 1.94. The number of aliphatic hydroxyl groups is 1. The lowest BCUT2D eigenvalue weighted by molar-refractivity contribution is 0.0684. The Kier molecular flexibility index (Phi) is 2.99. The molecule has 3 nitrogen and oxygen atoms in total. The van der Waals surface area contributed by atoms with Crippen LogP contribution < -0.4 is 0 Å². The van der Waals surface area contributed by atoms with Gasteiger partial charge in [-0.15, -0.1) is 0 Å². The van der Waals surface area contributed by atoms with Crippen LogP contribution in [0.1, 0.15) is 28.9 Å². The summed E-state index contributed by atoms with van der Waals surface area (Å²) in [6.07, 6.45) is -1.42. The van der Waals surface area contributed by atoms with E-state index in [1.54, 1.807) is 0 Å². The maximum atomic E-state index is 13.1. The molecule has 15 heavy (non-hydrogen) atoms. The van der Waals surface area contributed by atoms with Gasteiger partial charge >= 0.3 is 5.97 Å². The van der Waals surface area contributed by atoms with E-state index >= 15 is 0 Å². The molecule has 0 saturated heterocycles. The fourth-order valence-corrected chi connectivity index (χ4v) is 1.11. The number of carboxylic acids is 1. The minimum absolute atomic E-state index is 0.465. The zero-order valence-corrected chi connectivity index (χ0v) is 7.59. The molecule has 1 atom stereocenters. The minimum Gasteiger partial charge on any atom is -0.477 e. The smallest absolute Gasteiger partial charge is 0.341 e. The van der Waals surface area contributed by atoms with Gasteiger partial charge in [-0.3, -0.25) is 0 Å². The Bertz CT molecular complexity index is 416. The zero-order valence-electron chi connectivity index (χ0n) is 7.59. The summed E-state index contributed by atoms with van der Waals surface area (Å²) in [4.78, 5) is 10.4. The monoisotopic (exact) mass is 220 g/mol. The van der Waals surface area contributed by atoms with Crippen LogP contribution in [0.4, 0.5) is 13.2 Å². The number of carboxylic acid groups (broad SMARTS) is 1. The Morgan fingerprint density at radius 2 is 1.87 bits per heavy atom. The lowest BCUT2D eigenvalue weighted by Gasteiger charge is -2.09. The van der Waals surface area contributed by atoms with Crippen LogP contribution in [-0.2, 0) is 0 Å². The second-order valence-electron chi connectivity index (χ2n) is 2.93. The van der Waals surface area contributed by atoms with Gasteiger partial charge in [0, 0.05) is 5.56 Å². The third-order valence-electron chi connectivity index (χ3n) is 1.85. The van der Waals surface area contributed by atoms with Crippen LogP contribution in [0.5, 0.6) is 0 Å². The molecule has 2 N–H and O–H groups in total. The Morgan fingerprint density at radius 1 is 1.33 bits per heavy atom. The van der Waals surface area contributed by atoms with Crippen molar-refractivity contribution in [3.63, 3.8) is 0 Å². The van der Waals surface area contributed by atoms with E-state index in [9.17, 15) is 18.0 Å². The van der Waals surface area contributed by atoms with Crippen LogP contribution in [0.15, 0.2) is 6.07 Å². The molecule has 6 heteroatoms. The molecule has 0 fully saturated rings. The second-order valence-corrected chi connectivity index (χ2v) is 2.93. The maximum Gasteiger partial charge on any atom is 0.341 e. The van der Waals surface area contributed by atoms with Crippen molar-refractivity contribution in [1.82, 2.24) is 0 Å². The van der Waals surface area contributed by atoms with E-state index in [4.69, 9.17) is 10.2 Å². The summed E-state index contributed by atoms with van der Waals surface area (Å²) >= 11 is 0. The van der Waals surface area contributed by atoms with Crippen molar-refractivity contribution in [2.24, 2.45) is 0 Å². The Balaban J connectivity index is 3.51. The van der Waals surface area contributed by atoms with E-state index in [-0.39, 0.29) is 0 Å². The highest BCUT2D eigenvalue weighted by molar-refractivity contribution is 5.88. The maximum absolute atomic E-state index is 13.1. The van der Waals surface area contributed by atoms with Gasteiger partial charge in [-0.1, -0.05) is 0 Å². The molecule has 1 aromatic rings. The van der Waals surface area contributed by atoms with Crippen LogP contribution in [0, 0.1) is 17.5 Å². The molecule has 1 rings (SSSR count). The second kappa shape index (κ2) is 3.90. The summed E-state index contributed by atoms with van der Waals surface area (Å²) < 4.78 is 39.1. The fourth-order valence-electron chi connectivity index (χ4n) is 1.11. The Morgan fingerprint density at radius 3 is 2.27 bits per heavy atom. The summed E-state index contributed by atoms with van der Waals surface area (Å²) in [7, 11) is 0. The highest BCUT2D eigenvalue weighted by Gasteiger charge is 2.24. The fraction of sp³-hybridized carbons (Fsp3) is 0.222. The van der Waals surface area contributed by atoms with Crippen molar-refractivity contribution in [2.75, 3.05) is 0 Å². The van der Waals surface area contributed by atoms with Gasteiger partial charge in [0.15, 0.2) is 11.6 Å². The van der Waals surface area contributed by atoms with Crippen molar-refractivity contribution in [1.29, 1.82) is 0 Å². The van der Waals surface area contributed by atoms with E-state index in [0.29, 0.717) is 6.07 Å². The number of halogens is 3. The quantitative estimate of drug-likeness (QED) is 0.748. The van der Waals surface area contributed by atoms with Gasteiger partial charge in [0.2, 0.25) is 0 Å². The highest BCUT2D eigenvalue weighted by atomic mass is 19.2. The van der Waals surface area contributed by atoms with Crippen molar-refractivity contribution < 1.29 is 28.2 Å². The lowest BCUT2D eigenvalue weighted by atomic mass is 10.1. The van der Waals surface area contributed by atoms with Crippen molar-refractivity contribution in [3.8, 4) is 0 Å². The lowest BCUT2D eigenvalue weighted by Crippen LogP contribution is -2.10. The van der Waals surface area contributed by atoms with Gasteiger partial charge in [-0.05, 0) is 13.0 Å². The number of aliphatic hydroxyl groups excluding tert-OH is 1. The topological polar surface area (TPSA) is 57.5 Å². The average molecular weight is 220 g/mol. The number of hydrogen-bond donors (Lipinski definition) is 2. The van der Waals surface area contributed by atoms with Crippen molar-refractivity contribution in [2.45, 2.75) is 13.0 Å². The third-order valence-corrected chi connectivity index (χ3v) is 1.85. The van der Waals surface area contributed by atoms with Crippen LogP contribution in [0.25, 0.3) is 0 Å². The molecule has 82 valence electrons. The number of benzene rings is 1. The number of rotatable bonds is 2. The molecular weight excluding hydrogens is 213 g/mol. The number of carbonyl (C=O) groups is 1. The standard InChI is InChI=1S/C9H7F3O3/c1-3(13)4-2-5(10)6(9(14)15)8(12)7(4)11/h2-3,13H,1H3,(H,14,15). The average Bonchev–Trinajstić information content (AvgIpc) is 2.10. The van der Waals surface area contributed by atoms with E-state index in [2.05, 4.69) is 0 Å². The van der Waals surface area contributed by atoms with Crippen LogP contribution in [0.3, 0.4) is 0 Å². The molecule has 0 spiro atoms. The van der Waals surface area contributed by atoms with Gasteiger partial charge < -0.3 is 10.2 Å². The van der Waals surface area contributed by atoms with Crippen LogP contribution >= 0.6 is 0 Å². The van der Waals surface area contributed by atoms with Crippen molar-refractivity contribution >= 4 is 5.97 Å². The molecule has 1 aromatic carbocycles. The number of hydrogen-bond acceptors (Lipinski definition) is 2. The van der Waals surface area contributed by atoms with Crippen LogP contribution in [-0.4, -0.2) is 16.2 Å². The molecule has 0 aliphatic carbocycles. The summed E-state index contributed by atoms with van der Waals surface area (Å²) in [5, 5.41) is 17.4. The first-order valence-corrected chi connectivity index (χ1v) is 3.95. The van der Waals surface area contributed by atoms with E-state index in [0.717, 1.165) is 6.92 Å². The van der Waals surface area contributed by atoms with Gasteiger partial charge in [0.25, 0.3) is 0 Å². The SMILES string of the molecule is CC(O)c1cc(F)c(C(=O)O)c(F)c1F. The molecule has 0 aliphatic heterocycles. The Hall–Kier alpha value is -1.56. The summed E-state index contributed by atoms with van der Waals surface area (Å²) in [6, 6.07) is 0.465. The molecule has 1 unspecified atom stereocenters. The molecule has 0 heterocycles. The predicted octanol–water partition coefficient (Wildman–Crippen LogP) is 1.86. The summed E-state index contributed by atoms with van der Waals surface area (Å²) in [6.45, 7) is 1.11. The molecular formula is C9H7F3O3.